The molecule has 31 heavy (non-hydrogen) atoms. The van der Waals surface area contributed by atoms with Gasteiger partial charge in [0.2, 0.25) is 5.91 Å². The maximum Gasteiger partial charge on any atom is 0.257 e. The van der Waals surface area contributed by atoms with Crippen LogP contribution in [0.15, 0.2) is 78.9 Å². The molecule has 1 aliphatic rings. The molecule has 5 nitrogen and oxygen atoms in total. The fourth-order valence-corrected chi connectivity index (χ4v) is 3.92. The normalized spacial score (nSPS) is 15.9. The van der Waals surface area contributed by atoms with E-state index in [4.69, 9.17) is 11.6 Å². The van der Waals surface area contributed by atoms with Crippen molar-refractivity contribution in [3.63, 3.8) is 0 Å². The number of nitrogens with zero attached hydrogens (tertiary/aromatic N) is 2. The molecule has 0 saturated carbocycles. The van der Waals surface area contributed by atoms with Gasteiger partial charge in [-0.3, -0.25) is 14.4 Å². The van der Waals surface area contributed by atoms with Crippen molar-refractivity contribution < 1.29 is 14.4 Å². The van der Waals surface area contributed by atoms with Crippen LogP contribution in [0, 0.1) is 6.92 Å². The summed E-state index contributed by atoms with van der Waals surface area (Å²) in [7, 11) is 0. The molecule has 3 aromatic carbocycles. The fourth-order valence-electron chi connectivity index (χ4n) is 3.79. The number of halogens is 1. The average Bonchev–Trinajstić information content (AvgIpc) is 3.07. The Morgan fingerprint density at radius 2 is 1.61 bits per heavy atom. The second kappa shape index (κ2) is 8.74. The summed E-state index contributed by atoms with van der Waals surface area (Å²) in [5, 5.41) is 0.514. The molecule has 4 rings (SSSR count). The van der Waals surface area contributed by atoms with Gasteiger partial charge in [-0.25, -0.2) is 4.90 Å². The first-order valence-corrected chi connectivity index (χ1v) is 10.4. The third-order valence-corrected chi connectivity index (χ3v) is 5.67. The number of anilines is 1. The van der Waals surface area contributed by atoms with Crippen LogP contribution in [0.2, 0.25) is 5.02 Å². The van der Waals surface area contributed by atoms with Crippen molar-refractivity contribution in [3.05, 3.63) is 101 Å². The van der Waals surface area contributed by atoms with Gasteiger partial charge in [-0.2, -0.15) is 0 Å². The highest BCUT2D eigenvalue weighted by atomic mass is 35.5. The van der Waals surface area contributed by atoms with Crippen LogP contribution in [-0.4, -0.2) is 28.7 Å². The van der Waals surface area contributed by atoms with Crippen LogP contribution in [-0.2, 0) is 16.1 Å². The molecule has 0 aromatic heterocycles. The Labute approximate surface area is 185 Å². The molecule has 0 N–H and O–H groups in total. The van der Waals surface area contributed by atoms with Crippen molar-refractivity contribution in [2.75, 3.05) is 4.90 Å². The Kier molecular flexibility index (Phi) is 5.87. The Bertz CT molecular complexity index is 1130. The average molecular weight is 433 g/mol. The van der Waals surface area contributed by atoms with E-state index in [1.165, 1.54) is 4.90 Å². The lowest BCUT2D eigenvalue weighted by molar-refractivity contribution is -0.122. The standard InChI is InChI=1S/C25H21ClN2O3/c1-17-7-5-6-10-21(17)24(30)27(16-18-8-3-2-4-9-18)22-15-23(29)28(25(22)31)20-13-11-19(26)12-14-20/h2-14,22H,15-16H2,1H3. The maximum absolute atomic E-state index is 13.5. The first kappa shape index (κ1) is 20.8. The summed E-state index contributed by atoms with van der Waals surface area (Å²) in [6, 6.07) is 22.4. The quantitative estimate of drug-likeness (QED) is 0.552. The molecule has 1 heterocycles. The number of carbonyl (C=O) groups excluding carboxylic acids is 3. The van der Waals surface area contributed by atoms with Gasteiger partial charge in [-0.15, -0.1) is 0 Å². The summed E-state index contributed by atoms with van der Waals surface area (Å²) in [6.45, 7) is 2.09. The first-order valence-electron chi connectivity index (χ1n) is 9.98. The molecule has 1 fully saturated rings. The topological polar surface area (TPSA) is 57.7 Å². The highest BCUT2D eigenvalue weighted by Gasteiger charge is 2.44. The molecule has 0 spiro atoms. The van der Waals surface area contributed by atoms with Crippen LogP contribution in [0.5, 0.6) is 0 Å². The Hall–Kier alpha value is -3.44. The Balaban J connectivity index is 1.70. The number of hydrogen-bond acceptors (Lipinski definition) is 3. The van der Waals surface area contributed by atoms with Crippen LogP contribution in [0.3, 0.4) is 0 Å². The minimum absolute atomic E-state index is 0.0636. The minimum Gasteiger partial charge on any atom is -0.322 e. The van der Waals surface area contributed by atoms with E-state index in [1.807, 2.05) is 49.4 Å². The zero-order chi connectivity index (χ0) is 22.0. The molecule has 1 aliphatic heterocycles. The molecule has 3 aromatic rings. The number of carbonyl (C=O) groups is 3. The van der Waals surface area contributed by atoms with Crippen molar-refractivity contribution in [2.45, 2.75) is 25.9 Å². The number of amides is 3. The van der Waals surface area contributed by atoms with E-state index in [-0.39, 0.29) is 24.8 Å². The van der Waals surface area contributed by atoms with E-state index in [1.54, 1.807) is 36.4 Å². The minimum atomic E-state index is -0.879. The van der Waals surface area contributed by atoms with Crippen molar-refractivity contribution in [3.8, 4) is 0 Å². The summed E-state index contributed by atoms with van der Waals surface area (Å²) in [5.41, 5.74) is 2.67. The molecule has 1 unspecified atom stereocenters. The largest absolute Gasteiger partial charge is 0.322 e. The summed E-state index contributed by atoms with van der Waals surface area (Å²) in [6.07, 6.45) is -0.0636. The third kappa shape index (κ3) is 4.23. The van der Waals surface area contributed by atoms with Crippen molar-refractivity contribution in [1.82, 2.24) is 4.90 Å². The molecular formula is C25H21ClN2O3. The molecule has 156 valence electrons. The lowest BCUT2D eigenvalue weighted by Gasteiger charge is -2.28. The van der Waals surface area contributed by atoms with Gasteiger partial charge in [0.15, 0.2) is 0 Å². The van der Waals surface area contributed by atoms with Crippen LogP contribution in [0.4, 0.5) is 5.69 Å². The van der Waals surface area contributed by atoms with Gasteiger partial charge < -0.3 is 4.90 Å². The van der Waals surface area contributed by atoms with Crippen LogP contribution in [0.25, 0.3) is 0 Å². The smallest absolute Gasteiger partial charge is 0.257 e. The van der Waals surface area contributed by atoms with Crippen LogP contribution >= 0.6 is 11.6 Å². The van der Waals surface area contributed by atoms with Crippen LogP contribution in [0.1, 0.15) is 27.9 Å². The molecule has 1 saturated heterocycles. The number of imide groups is 1. The summed E-state index contributed by atoms with van der Waals surface area (Å²) >= 11 is 5.94. The van der Waals surface area contributed by atoms with E-state index in [2.05, 4.69) is 0 Å². The Morgan fingerprint density at radius 3 is 2.29 bits per heavy atom. The SMILES string of the molecule is Cc1ccccc1C(=O)N(Cc1ccccc1)C1CC(=O)N(c2ccc(Cl)cc2)C1=O. The monoisotopic (exact) mass is 432 g/mol. The van der Waals surface area contributed by atoms with Crippen molar-refractivity contribution in [2.24, 2.45) is 0 Å². The lowest BCUT2D eigenvalue weighted by Crippen LogP contribution is -2.45. The van der Waals surface area contributed by atoms with Gasteiger partial charge in [-0.1, -0.05) is 60.1 Å². The summed E-state index contributed by atoms with van der Waals surface area (Å²) < 4.78 is 0. The molecule has 6 heteroatoms. The summed E-state index contributed by atoms with van der Waals surface area (Å²) in [5.74, 6) is -1.02. The predicted octanol–water partition coefficient (Wildman–Crippen LogP) is 4.62. The van der Waals surface area contributed by atoms with Gasteiger partial charge in [0, 0.05) is 17.1 Å². The lowest BCUT2D eigenvalue weighted by atomic mass is 10.0. The molecular weight excluding hydrogens is 412 g/mol. The van der Waals surface area contributed by atoms with Crippen molar-refractivity contribution in [1.29, 1.82) is 0 Å². The highest BCUT2D eigenvalue weighted by Crippen LogP contribution is 2.29. The van der Waals surface area contributed by atoms with E-state index in [0.717, 1.165) is 16.0 Å². The van der Waals surface area contributed by atoms with E-state index in [9.17, 15) is 14.4 Å². The van der Waals surface area contributed by atoms with Gasteiger partial charge in [0.25, 0.3) is 11.8 Å². The van der Waals surface area contributed by atoms with Gasteiger partial charge >= 0.3 is 0 Å². The molecule has 0 aliphatic carbocycles. The zero-order valence-electron chi connectivity index (χ0n) is 17.0. The van der Waals surface area contributed by atoms with Gasteiger partial charge in [0.05, 0.1) is 12.1 Å². The number of hydrogen-bond donors (Lipinski definition) is 0. The van der Waals surface area contributed by atoms with Crippen LogP contribution < -0.4 is 4.90 Å². The predicted molar refractivity (Wildman–Crippen MR) is 120 cm³/mol. The first-order chi connectivity index (χ1) is 15.0. The second-order valence-corrected chi connectivity index (χ2v) is 7.93. The summed E-state index contributed by atoms with van der Waals surface area (Å²) in [4.78, 5) is 42.3. The Morgan fingerprint density at radius 1 is 0.968 bits per heavy atom. The number of aryl methyl sites for hydroxylation is 1. The van der Waals surface area contributed by atoms with E-state index < -0.39 is 11.9 Å². The fraction of sp³-hybridized carbons (Fsp3) is 0.160. The number of rotatable bonds is 5. The highest BCUT2D eigenvalue weighted by molar-refractivity contribution is 6.31. The van der Waals surface area contributed by atoms with Gasteiger partial charge in [-0.05, 0) is 48.4 Å². The zero-order valence-corrected chi connectivity index (χ0v) is 17.8. The second-order valence-electron chi connectivity index (χ2n) is 7.50. The molecule has 0 bridgehead atoms. The molecule has 1 atom stereocenters. The van der Waals surface area contributed by atoms with E-state index >= 15 is 0 Å². The molecule has 0 radical (unpaired) electrons. The van der Waals surface area contributed by atoms with Gasteiger partial charge in [0.1, 0.15) is 6.04 Å². The molecule has 3 amide bonds. The number of benzene rings is 3. The van der Waals surface area contributed by atoms with E-state index in [0.29, 0.717) is 16.3 Å². The maximum atomic E-state index is 13.5. The van der Waals surface area contributed by atoms with Crippen molar-refractivity contribution >= 4 is 35.0 Å². The third-order valence-electron chi connectivity index (χ3n) is 5.42.